The molecule has 0 fully saturated rings. The fourth-order valence-electron chi connectivity index (χ4n) is 1.59. The lowest BCUT2D eigenvalue weighted by Crippen LogP contribution is -2.36. The molecule has 2 N–H and O–H groups in total. The first kappa shape index (κ1) is 16.5. The number of carbonyl (C=O) groups is 1. The Morgan fingerprint density at radius 3 is 2.45 bits per heavy atom. The zero-order valence-corrected chi connectivity index (χ0v) is 10.9. The average Bonchev–Trinajstić information content (AvgIpc) is 2.39. The molecule has 0 aliphatic heterocycles. The number of ether oxygens (including phenoxy) is 1. The van der Waals surface area contributed by atoms with E-state index in [0.717, 1.165) is 0 Å². The monoisotopic (exact) mass is 290 g/mol. The number of carbonyl (C=O) groups excluding carboxylic acids is 1. The second-order valence-electron chi connectivity index (χ2n) is 4.13. The number of hydrogen-bond donors (Lipinski definition) is 1. The van der Waals surface area contributed by atoms with E-state index in [2.05, 4.69) is 4.74 Å². The van der Waals surface area contributed by atoms with Crippen LogP contribution in [0.5, 0.6) is 0 Å². The summed E-state index contributed by atoms with van der Waals surface area (Å²) in [7, 11) is 0. The molecule has 1 rings (SSSR count). The minimum atomic E-state index is -4.44. The van der Waals surface area contributed by atoms with Crippen LogP contribution in [0.3, 0.4) is 0 Å². The van der Waals surface area contributed by atoms with Gasteiger partial charge in [0.15, 0.2) is 0 Å². The number of nitrogens with zero attached hydrogens (tertiary/aromatic N) is 1. The van der Waals surface area contributed by atoms with Crippen LogP contribution in [0, 0.1) is 0 Å². The number of alkyl halides is 3. The van der Waals surface area contributed by atoms with Gasteiger partial charge in [0.1, 0.15) is 13.2 Å². The van der Waals surface area contributed by atoms with Gasteiger partial charge in [-0.3, -0.25) is 4.79 Å². The number of hydrogen-bond acceptors (Lipinski definition) is 3. The maximum atomic E-state index is 12.0. The smallest absolute Gasteiger partial charge is 0.362 e. The normalized spacial score (nSPS) is 11.4. The van der Waals surface area contributed by atoms with Crippen molar-refractivity contribution in [3.05, 3.63) is 30.3 Å². The molecule has 0 bridgehead atoms. The summed E-state index contributed by atoms with van der Waals surface area (Å²) in [6.45, 7) is -1.31. The molecule has 7 heteroatoms. The summed E-state index contributed by atoms with van der Waals surface area (Å²) in [5, 5.41) is 0. The maximum Gasteiger partial charge on any atom is 0.411 e. The lowest BCUT2D eigenvalue weighted by Gasteiger charge is -2.22. The van der Waals surface area contributed by atoms with Crippen molar-refractivity contribution >= 4 is 11.6 Å². The molecule has 0 radical (unpaired) electrons. The van der Waals surface area contributed by atoms with Gasteiger partial charge in [-0.1, -0.05) is 18.2 Å². The third-order valence-electron chi connectivity index (χ3n) is 2.45. The molecule has 0 aliphatic rings. The first-order chi connectivity index (χ1) is 9.44. The van der Waals surface area contributed by atoms with Crippen LogP contribution < -0.4 is 10.6 Å². The van der Waals surface area contributed by atoms with Crippen LogP contribution in [0.2, 0.25) is 0 Å². The van der Waals surface area contributed by atoms with Gasteiger partial charge < -0.3 is 15.4 Å². The minimum Gasteiger partial charge on any atom is -0.362 e. The molecule has 1 aromatic carbocycles. The van der Waals surface area contributed by atoms with Crippen LogP contribution in [0.25, 0.3) is 0 Å². The van der Waals surface area contributed by atoms with Crippen LogP contribution >= 0.6 is 0 Å². The molecule has 0 saturated carbocycles. The van der Waals surface area contributed by atoms with Gasteiger partial charge in [0, 0.05) is 12.2 Å². The Hall–Kier alpha value is -1.60. The van der Waals surface area contributed by atoms with Gasteiger partial charge in [-0.25, -0.2) is 0 Å². The Kier molecular flexibility index (Phi) is 6.47. The Balaban J connectivity index is 2.61. The van der Waals surface area contributed by atoms with E-state index >= 15 is 0 Å². The Morgan fingerprint density at radius 2 is 1.90 bits per heavy atom. The van der Waals surface area contributed by atoms with E-state index in [0.29, 0.717) is 25.2 Å². The lowest BCUT2D eigenvalue weighted by molar-refractivity contribution is -0.175. The topological polar surface area (TPSA) is 55.6 Å². The molecule has 4 nitrogen and oxygen atoms in total. The third-order valence-corrected chi connectivity index (χ3v) is 2.45. The van der Waals surface area contributed by atoms with Crippen LogP contribution in [0.15, 0.2) is 30.3 Å². The summed E-state index contributed by atoms with van der Waals surface area (Å²) < 4.78 is 40.3. The number of rotatable bonds is 7. The van der Waals surface area contributed by atoms with E-state index in [1.54, 1.807) is 30.3 Å². The van der Waals surface area contributed by atoms with Crippen LogP contribution in [0.1, 0.15) is 6.42 Å². The summed E-state index contributed by atoms with van der Waals surface area (Å²) in [4.78, 5) is 13.3. The van der Waals surface area contributed by atoms with Gasteiger partial charge in [0.05, 0.1) is 0 Å². The van der Waals surface area contributed by atoms with Crippen molar-refractivity contribution in [3.63, 3.8) is 0 Å². The molecular weight excluding hydrogens is 273 g/mol. The quantitative estimate of drug-likeness (QED) is 0.835. The van der Waals surface area contributed by atoms with E-state index in [-0.39, 0.29) is 0 Å². The lowest BCUT2D eigenvalue weighted by atomic mass is 10.2. The molecular formula is C13H17F3N2O2. The first-order valence-electron chi connectivity index (χ1n) is 6.14. The summed E-state index contributed by atoms with van der Waals surface area (Å²) in [6, 6.07) is 8.69. The second-order valence-corrected chi connectivity index (χ2v) is 4.13. The van der Waals surface area contributed by atoms with Gasteiger partial charge in [-0.2, -0.15) is 13.2 Å². The van der Waals surface area contributed by atoms with Gasteiger partial charge in [0.2, 0.25) is 0 Å². The molecule has 0 spiro atoms. The highest BCUT2D eigenvalue weighted by Gasteiger charge is 2.28. The predicted octanol–water partition coefficient (Wildman–Crippen LogP) is 1.95. The molecule has 0 aliphatic carbocycles. The van der Waals surface area contributed by atoms with Crippen molar-refractivity contribution < 1.29 is 22.7 Å². The third kappa shape index (κ3) is 6.03. The SMILES string of the molecule is NCCCN(C(=O)COCC(F)(F)F)c1ccccc1. The Morgan fingerprint density at radius 1 is 1.25 bits per heavy atom. The van der Waals surface area contributed by atoms with Crippen molar-refractivity contribution in [3.8, 4) is 0 Å². The molecule has 1 aromatic rings. The summed E-state index contributed by atoms with van der Waals surface area (Å²) in [5.74, 6) is -0.520. The van der Waals surface area contributed by atoms with Crippen LogP contribution in [-0.4, -0.2) is 38.4 Å². The summed E-state index contributed by atoms with van der Waals surface area (Å²) in [5.41, 5.74) is 6.01. The second kappa shape index (κ2) is 7.86. The molecule has 0 unspecified atom stereocenters. The Labute approximate surface area is 115 Å². The van der Waals surface area contributed by atoms with Gasteiger partial charge in [-0.15, -0.1) is 0 Å². The highest BCUT2D eigenvalue weighted by atomic mass is 19.4. The van der Waals surface area contributed by atoms with Gasteiger partial charge in [0.25, 0.3) is 5.91 Å². The molecule has 0 heterocycles. The zero-order chi connectivity index (χ0) is 15.0. The van der Waals surface area contributed by atoms with Crippen molar-refractivity contribution in [2.24, 2.45) is 5.73 Å². The van der Waals surface area contributed by atoms with Crippen LogP contribution in [0.4, 0.5) is 18.9 Å². The zero-order valence-electron chi connectivity index (χ0n) is 10.9. The average molecular weight is 290 g/mol. The largest absolute Gasteiger partial charge is 0.411 e. The summed E-state index contributed by atoms with van der Waals surface area (Å²) >= 11 is 0. The van der Waals surface area contributed by atoms with Crippen LogP contribution in [-0.2, 0) is 9.53 Å². The predicted molar refractivity (Wildman–Crippen MR) is 69.3 cm³/mol. The fraction of sp³-hybridized carbons (Fsp3) is 0.462. The van der Waals surface area contributed by atoms with E-state index in [1.807, 2.05) is 0 Å². The van der Waals surface area contributed by atoms with E-state index < -0.39 is 25.3 Å². The van der Waals surface area contributed by atoms with E-state index in [1.165, 1.54) is 4.90 Å². The number of para-hydroxylation sites is 1. The van der Waals surface area contributed by atoms with E-state index in [9.17, 15) is 18.0 Å². The molecule has 20 heavy (non-hydrogen) atoms. The fourth-order valence-corrected chi connectivity index (χ4v) is 1.59. The molecule has 0 atom stereocenters. The Bertz CT molecular complexity index is 410. The van der Waals surface area contributed by atoms with Gasteiger partial charge in [-0.05, 0) is 25.1 Å². The van der Waals surface area contributed by atoms with Crippen molar-refractivity contribution in [1.29, 1.82) is 0 Å². The number of halogens is 3. The van der Waals surface area contributed by atoms with Crippen molar-refractivity contribution in [1.82, 2.24) is 0 Å². The maximum absolute atomic E-state index is 12.0. The first-order valence-corrected chi connectivity index (χ1v) is 6.14. The highest BCUT2D eigenvalue weighted by molar-refractivity contribution is 5.94. The molecule has 1 amide bonds. The van der Waals surface area contributed by atoms with Gasteiger partial charge >= 0.3 is 6.18 Å². The van der Waals surface area contributed by atoms with Crippen molar-refractivity contribution in [2.75, 3.05) is 31.2 Å². The number of amides is 1. The number of nitrogens with two attached hydrogens (primary N) is 1. The standard InChI is InChI=1S/C13H17F3N2O2/c14-13(15,16)10-20-9-12(19)18(8-4-7-17)11-5-2-1-3-6-11/h1-3,5-6H,4,7-10,17H2. The molecule has 112 valence electrons. The molecule has 0 saturated heterocycles. The number of anilines is 1. The number of benzene rings is 1. The van der Waals surface area contributed by atoms with E-state index in [4.69, 9.17) is 5.73 Å². The van der Waals surface area contributed by atoms with Crippen molar-refractivity contribution in [2.45, 2.75) is 12.6 Å². The minimum absolute atomic E-state index is 0.342. The highest BCUT2D eigenvalue weighted by Crippen LogP contribution is 2.16. The molecule has 0 aromatic heterocycles. The summed E-state index contributed by atoms with van der Waals surface area (Å²) in [6.07, 6.45) is -3.88.